The number of anilines is 2. The lowest BCUT2D eigenvalue weighted by molar-refractivity contribution is -0.275. The highest BCUT2D eigenvalue weighted by Crippen LogP contribution is 2.29. The van der Waals surface area contributed by atoms with Crippen LogP contribution in [-0.4, -0.2) is 196 Å². The SMILES string of the molecule is Cc1ccnc(NCCCC(=O)N[C@@H](CCCCNC(=O)CCOCCOCCNC(=O)CCC(=O)NCCOCCOCCC(=O)NCCCC[C@H](NC(=O)CCCNc2cc(C)ccn2)C(=O)NC(CC(=O)O)c2cccc(OC(F)(F)F)c2)C(=O)NC(CC(=O)O)c2cccc(OC(F)(F)F)c2)c1. The lowest BCUT2D eigenvalue weighted by Crippen LogP contribution is -2.48. The van der Waals surface area contributed by atoms with Gasteiger partial charge >= 0.3 is 24.7 Å². The number of benzene rings is 2. The van der Waals surface area contributed by atoms with Gasteiger partial charge in [0, 0.05) is 90.2 Å². The van der Waals surface area contributed by atoms with Gasteiger partial charge in [-0.05, 0) is 136 Å². The van der Waals surface area contributed by atoms with Crippen LogP contribution in [0.1, 0.15) is 137 Å². The highest BCUT2D eigenvalue weighted by molar-refractivity contribution is 5.89. The second kappa shape index (κ2) is 49.7. The molecule has 36 heteroatoms. The normalized spacial score (nSPS) is 12.4. The standard InChI is InChI=1S/C70H96F6N12O18/c1-47-21-29-79-57(41-47)77-27-9-17-63(93)85-53(67(99)87-55(45-65(95)96)49-11-7-13-51(43-49)105-69(71,72)73)15-3-5-25-81-61(91)23-33-101-37-39-103-35-31-83-59(89)19-20-60(90)84-32-36-104-40-38-102-34-24-62(92)82-26-6-4-16-54(86-64(94)18-10-28-78-58-42-48(2)22-30-80-58)68(100)88-56(46-66(97)98)50-12-8-14-52(44-50)106-70(74,75)76/h7-8,11-14,21-22,29-30,41-44,53-56H,3-6,9-10,15-20,23-28,31-40,45-46H2,1-2H3,(H,77,79)(H,78,80)(H,81,91)(H,82,92)(H,83,89)(H,84,90)(H,85,93)(H,86,94)(H,87,99)(H,88,100)(H,95,96)(H,97,98)/t53-,54-,55?,56?/m0/s1. The van der Waals surface area contributed by atoms with E-state index >= 15 is 0 Å². The smallest absolute Gasteiger partial charge is 0.481 e. The van der Waals surface area contributed by atoms with Gasteiger partial charge in [-0.25, -0.2) is 9.97 Å². The third kappa shape index (κ3) is 42.1. The summed E-state index contributed by atoms with van der Waals surface area (Å²) in [6.07, 6.45) is -6.03. The number of aryl methyl sites for hydroxylation is 2. The fourth-order valence-electron chi connectivity index (χ4n) is 10.0. The number of carboxylic acids is 2. The Hall–Kier alpha value is -9.94. The van der Waals surface area contributed by atoms with Crippen LogP contribution in [-0.2, 0) is 66.9 Å². The number of aliphatic carboxylic acids is 2. The van der Waals surface area contributed by atoms with Gasteiger partial charge in [0.15, 0.2) is 0 Å². The summed E-state index contributed by atoms with van der Waals surface area (Å²) in [5.41, 5.74) is 2.01. The van der Waals surface area contributed by atoms with Crippen molar-refractivity contribution in [1.29, 1.82) is 0 Å². The summed E-state index contributed by atoms with van der Waals surface area (Å²) < 4.78 is 108. The highest BCUT2D eigenvalue weighted by Gasteiger charge is 2.34. The van der Waals surface area contributed by atoms with Crippen LogP contribution in [0.3, 0.4) is 0 Å². The van der Waals surface area contributed by atoms with Crippen molar-refractivity contribution in [3.63, 3.8) is 0 Å². The molecule has 0 spiro atoms. The van der Waals surface area contributed by atoms with Crippen molar-refractivity contribution in [3.8, 4) is 11.5 Å². The van der Waals surface area contributed by atoms with Crippen LogP contribution in [0.4, 0.5) is 38.0 Å². The van der Waals surface area contributed by atoms with Crippen molar-refractivity contribution in [2.75, 3.05) is 103 Å². The number of amides is 8. The number of rotatable bonds is 55. The molecule has 0 radical (unpaired) electrons. The summed E-state index contributed by atoms with van der Waals surface area (Å²) in [5, 5.41) is 46.7. The van der Waals surface area contributed by atoms with E-state index in [2.05, 4.69) is 72.6 Å². The molecule has 0 aliphatic rings. The molecule has 2 aromatic heterocycles. The molecule has 0 aliphatic heterocycles. The molecule has 2 aromatic carbocycles. The molecule has 2 heterocycles. The largest absolute Gasteiger partial charge is 0.573 e. The third-order valence-corrected chi connectivity index (χ3v) is 15.2. The van der Waals surface area contributed by atoms with Gasteiger partial charge in [-0.1, -0.05) is 24.3 Å². The van der Waals surface area contributed by atoms with Gasteiger partial charge < -0.3 is 91.8 Å². The van der Waals surface area contributed by atoms with E-state index in [0.29, 0.717) is 63.3 Å². The molecule has 12 N–H and O–H groups in total. The van der Waals surface area contributed by atoms with E-state index in [0.717, 1.165) is 35.4 Å². The van der Waals surface area contributed by atoms with Crippen molar-refractivity contribution in [1.82, 2.24) is 52.5 Å². The Labute approximate surface area is 609 Å². The third-order valence-electron chi connectivity index (χ3n) is 15.2. The number of halogens is 6. The van der Waals surface area contributed by atoms with E-state index < -0.39 is 96.8 Å². The van der Waals surface area contributed by atoms with Gasteiger partial charge in [0.1, 0.15) is 35.2 Å². The number of carbonyl (C=O) groups excluding carboxylic acids is 8. The van der Waals surface area contributed by atoms with Gasteiger partial charge in [-0.15, -0.1) is 26.3 Å². The van der Waals surface area contributed by atoms with E-state index in [4.69, 9.17) is 18.9 Å². The van der Waals surface area contributed by atoms with Gasteiger partial charge in [0.25, 0.3) is 0 Å². The average molecular weight is 1510 g/mol. The first-order chi connectivity index (χ1) is 50.6. The molecular weight excluding hydrogens is 1410 g/mol. The number of alkyl halides is 6. The van der Waals surface area contributed by atoms with Crippen molar-refractivity contribution >= 4 is 70.8 Å². The van der Waals surface area contributed by atoms with Crippen molar-refractivity contribution < 1.29 is 113 Å². The Balaban J connectivity index is 1.01. The minimum Gasteiger partial charge on any atom is -0.481 e. The van der Waals surface area contributed by atoms with Crippen LogP contribution < -0.4 is 62.6 Å². The van der Waals surface area contributed by atoms with Gasteiger partial charge in [0.05, 0.1) is 77.8 Å². The Kier molecular flexibility index (Phi) is 41.5. The molecule has 106 heavy (non-hydrogen) atoms. The predicted octanol–water partition coefficient (Wildman–Crippen LogP) is 6.04. The maximum absolute atomic E-state index is 13.7. The number of unbranched alkanes of at least 4 members (excludes halogenated alkanes) is 2. The number of ether oxygens (including phenoxy) is 6. The molecule has 0 saturated heterocycles. The van der Waals surface area contributed by atoms with Gasteiger partial charge in [-0.3, -0.25) is 47.9 Å². The number of hydrogen-bond donors (Lipinski definition) is 12. The fraction of sp³-hybridized carbons (Fsp3) is 0.543. The average Bonchev–Trinajstić information content (AvgIpc) is 0.848. The van der Waals surface area contributed by atoms with Crippen molar-refractivity contribution in [3.05, 3.63) is 107 Å². The lowest BCUT2D eigenvalue weighted by Gasteiger charge is -2.24. The van der Waals surface area contributed by atoms with Crippen LogP contribution in [0.25, 0.3) is 0 Å². The molecule has 0 saturated carbocycles. The van der Waals surface area contributed by atoms with E-state index in [1.165, 1.54) is 24.3 Å². The van der Waals surface area contributed by atoms with E-state index in [9.17, 15) is 84.5 Å². The molecule has 0 bridgehead atoms. The maximum atomic E-state index is 13.7. The highest BCUT2D eigenvalue weighted by atomic mass is 19.4. The van der Waals surface area contributed by atoms with Crippen LogP contribution >= 0.6 is 0 Å². The predicted molar refractivity (Wildman–Crippen MR) is 371 cm³/mol. The van der Waals surface area contributed by atoms with Crippen LogP contribution in [0, 0.1) is 13.8 Å². The number of nitrogens with one attached hydrogen (secondary N) is 10. The van der Waals surface area contributed by atoms with Crippen LogP contribution in [0.2, 0.25) is 0 Å². The summed E-state index contributed by atoms with van der Waals surface area (Å²) in [7, 11) is 0. The molecule has 2 unspecified atom stereocenters. The fourth-order valence-corrected chi connectivity index (χ4v) is 10.0. The summed E-state index contributed by atoms with van der Waals surface area (Å²) in [4.78, 5) is 135. The minimum atomic E-state index is -5.02. The van der Waals surface area contributed by atoms with Gasteiger partial charge in [0.2, 0.25) is 47.3 Å². The zero-order chi connectivity index (χ0) is 77.5. The summed E-state index contributed by atoms with van der Waals surface area (Å²) in [6.45, 7) is 6.38. The van der Waals surface area contributed by atoms with Crippen molar-refractivity contribution in [2.24, 2.45) is 0 Å². The van der Waals surface area contributed by atoms with Crippen LogP contribution in [0.5, 0.6) is 11.5 Å². The lowest BCUT2D eigenvalue weighted by atomic mass is 10.0. The summed E-state index contributed by atoms with van der Waals surface area (Å²) >= 11 is 0. The molecule has 586 valence electrons. The summed E-state index contributed by atoms with van der Waals surface area (Å²) in [6, 6.07) is 11.5. The zero-order valence-corrected chi connectivity index (χ0v) is 59.2. The zero-order valence-electron chi connectivity index (χ0n) is 59.2. The molecule has 30 nitrogen and oxygen atoms in total. The maximum Gasteiger partial charge on any atom is 0.573 e. The Morgan fingerprint density at radius 2 is 0.774 bits per heavy atom. The van der Waals surface area contributed by atoms with E-state index in [1.807, 2.05) is 38.1 Å². The molecule has 0 aliphatic carbocycles. The molecule has 0 fully saturated rings. The monoisotopic (exact) mass is 1510 g/mol. The quantitative estimate of drug-likeness (QED) is 0.0177. The van der Waals surface area contributed by atoms with Crippen molar-refractivity contribution in [2.45, 2.75) is 153 Å². The second-order valence-corrected chi connectivity index (χ2v) is 24.1. The number of aromatic nitrogens is 2. The number of carboxylic acid groups (broad SMARTS) is 2. The number of hydrogen-bond acceptors (Lipinski definition) is 20. The first-order valence-electron chi connectivity index (χ1n) is 34.6. The second-order valence-electron chi connectivity index (χ2n) is 24.1. The topological polar surface area (TPSA) is 413 Å². The van der Waals surface area contributed by atoms with Crippen LogP contribution in [0.15, 0.2) is 85.2 Å². The number of nitrogens with zero attached hydrogens (tertiary/aromatic N) is 2. The molecule has 4 atom stereocenters. The number of carbonyl (C=O) groups is 10. The Morgan fingerprint density at radius 3 is 1.14 bits per heavy atom. The minimum absolute atomic E-state index is 0.00837. The molecular formula is C70H96F6N12O18. The van der Waals surface area contributed by atoms with Gasteiger partial charge in [-0.2, -0.15) is 0 Å². The van der Waals surface area contributed by atoms with E-state index in [1.54, 1.807) is 12.4 Å². The Bertz CT molecular complexity index is 3180. The molecule has 4 rings (SSSR count). The summed E-state index contributed by atoms with van der Waals surface area (Å²) in [5.74, 6) is -6.60. The first-order valence-corrected chi connectivity index (χ1v) is 34.6. The number of pyridine rings is 2. The molecule has 4 aromatic rings. The Morgan fingerprint density at radius 1 is 0.406 bits per heavy atom. The van der Waals surface area contributed by atoms with E-state index in [-0.39, 0.29) is 165 Å². The first kappa shape index (κ1) is 88.5. The molecule has 8 amide bonds.